The van der Waals surface area contributed by atoms with Gasteiger partial charge in [-0.1, -0.05) is 54.1 Å². The monoisotopic (exact) mass is 813 g/mol. The van der Waals surface area contributed by atoms with Gasteiger partial charge in [0, 0.05) is 98.0 Å². The molecule has 0 spiro atoms. The van der Waals surface area contributed by atoms with Crippen LogP contribution < -0.4 is 4.90 Å². The summed E-state index contributed by atoms with van der Waals surface area (Å²) >= 11 is 6.85. The second-order valence-electron chi connectivity index (χ2n) is 16.2. The van der Waals surface area contributed by atoms with Gasteiger partial charge in [0.15, 0.2) is 0 Å². The maximum Gasteiger partial charge on any atom is 0.407 e. The first kappa shape index (κ1) is 38.9. The number of nitrogens with zero attached hydrogens (tertiary/aromatic N) is 5. The number of halogens is 1. The number of morpholine rings is 1. The van der Waals surface area contributed by atoms with Crippen LogP contribution in [0.5, 0.6) is 5.75 Å². The van der Waals surface area contributed by atoms with Crippen LogP contribution in [-0.4, -0.2) is 99.9 Å². The minimum Gasteiger partial charge on any atom is -0.508 e. The molecule has 3 amide bonds. The fourth-order valence-corrected chi connectivity index (χ4v) is 9.82. The van der Waals surface area contributed by atoms with E-state index in [4.69, 9.17) is 16.3 Å². The van der Waals surface area contributed by atoms with Gasteiger partial charge in [-0.2, -0.15) is 0 Å². The van der Waals surface area contributed by atoms with Crippen LogP contribution in [-0.2, 0) is 37.2 Å². The van der Waals surface area contributed by atoms with Crippen LogP contribution in [0.2, 0.25) is 5.02 Å². The van der Waals surface area contributed by atoms with Crippen molar-refractivity contribution in [1.29, 1.82) is 0 Å². The van der Waals surface area contributed by atoms with Crippen molar-refractivity contribution in [2.24, 2.45) is 0 Å². The Morgan fingerprint density at radius 3 is 2.34 bits per heavy atom. The van der Waals surface area contributed by atoms with E-state index in [0.717, 1.165) is 59.6 Å². The summed E-state index contributed by atoms with van der Waals surface area (Å²) in [4.78, 5) is 50.1. The molecule has 12 heteroatoms. The third-order valence-electron chi connectivity index (χ3n) is 12.7. The second-order valence-corrected chi connectivity index (χ2v) is 16.6. The van der Waals surface area contributed by atoms with Crippen LogP contribution in [0, 0.1) is 0 Å². The minimum atomic E-state index is -1.04. The van der Waals surface area contributed by atoms with Crippen LogP contribution in [0.4, 0.5) is 10.5 Å². The first-order valence-electron chi connectivity index (χ1n) is 20.5. The Morgan fingerprint density at radius 1 is 0.831 bits per heavy atom. The van der Waals surface area contributed by atoms with E-state index in [-0.39, 0.29) is 42.6 Å². The van der Waals surface area contributed by atoms with E-state index in [9.17, 15) is 19.8 Å². The molecular formula is C47H48ClN5O6. The molecule has 2 atom stereocenters. The molecule has 1 aromatic heterocycles. The maximum atomic E-state index is 15.6. The average Bonchev–Trinajstić information content (AvgIpc) is 3.65. The SMILES string of the molecule is CN(C(=O)c1cc(-c2cc3c(cc2C(=O)N2Cc4ccccc4C[C@H]2CN2CCOCC2)CN(C(=O)O)CC3c2ccccc2Cl)n2c1CCCC2)c1ccc(O)cc1. The van der Waals surface area contributed by atoms with Gasteiger partial charge in [-0.05, 0) is 102 Å². The summed E-state index contributed by atoms with van der Waals surface area (Å²) in [5.74, 6) is -0.575. The van der Waals surface area contributed by atoms with Crippen LogP contribution >= 0.6 is 11.6 Å². The van der Waals surface area contributed by atoms with Crippen LogP contribution in [0.3, 0.4) is 0 Å². The van der Waals surface area contributed by atoms with Crippen molar-refractivity contribution < 1.29 is 29.3 Å². The Bertz CT molecular complexity index is 2420. The molecular weight excluding hydrogens is 766 g/mol. The third kappa shape index (κ3) is 7.47. The highest BCUT2D eigenvalue weighted by Crippen LogP contribution is 2.43. The normalized spacial score (nSPS) is 19.1. The lowest BCUT2D eigenvalue weighted by molar-refractivity contribution is 0.0193. The maximum absolute atomic E-state index is 15.6. The number of ether oxygens (including phenoxy) is 1. The Kier molecular flexibility index (Phi) is 10.7. The standard InChI is InChI=1S/C47H48ClN5O6/c1-49(33-13-15-35(54)16-14-33)45(55)40-25-44(52-17-7-6-12-43(40)52)38-24-37-32(26-51(47(57)58)29-41(37)36-10-4-5-11-42(36)48)23-39(38)46(56)53-27-31-9-3-2-8-30(31)22-34(53)28-50-18-20-59-21-19-50/h2-5,8-11,13-16,23-25,34,41,54H,6-7,12,17-22,26-29H2,1H3,(H,57,58)/t34-,41?/m0/s1. The molecule has 5 aromatic rings. The topological polar surface area (TPSA) is 119 Å². The number of phenols is 1. The molecule has 0 bridgehead atoms. The second kappa shape index (κ2) is 16.2. The molecule has 1 unspecified atom stereocenters. The number of aromatic nitrogens is 1. The van der Waals surface area contributed by atoms with E-state index in [0.29, 0.717) is 73.1 Å². The lowest BCUT2D eigenvalue weighted by Crippen LogP contribution is -2.52. The molecule has 304 valence electrons. The van der Waals surface area contributed by atoms with Gasteiger partial charge in [0.2, 0.25) is 0 Å². The predicted octanol–water partition coefficient (Wildman–Crippen LogP) is 7.65. The molecule has 2 N–H and O–H groups in total. The van der Waals surface area contributed by atoms with Crippen molar-refractivity contribution in [2.75, 3.05) is 51.3 Å². The number of amides is 3. The van der Waals surface area contributed by atoms with Gasteiger partial charge in [0.05, 0.1) is 18.8 Å². The molecule has 0 aliphatic carbocycles. The number of phenolic OH excluding ortho intramolecular Hbond substituents is 1. The number of hydrogen-bond acceptors (Lipinski definition) is 6. The number of fused-ring (bicyclic) bond motifs is 3. The first-order chi connectivity index (χ1) is 28.6. The largest absolute Gasteiger partial charge is 0.508 e. The van der Waals surface area contributed by atoms with Crippen molar-refractivity contribution >= 4 is 35.2 Å². The number of aromatic hydroxyl groups is 1. The summed E-state index contributed by atoms with van der Waals surface area (Å²) in [5, 5.41) is 20.9. The molecule has 1 fully saturated rings. The van der Waals surface area contributed by atoms with E-state index >= 15 is 4.79 Å². The molecule has 5 heterocycles. The molecule has 4 aliphatic heterocycles. The molecule has 4 aliphatic rings. The molecule has 4 aromatic carbocycles. The quantitative estimate of drug-likeness (QED) is 0.173. The highest BCUT2D eigenvalue weighted by Gasteiger charge is 2.38. The zero-order valence-corrected chi connectivity index (χ0v) is 33.9. The molecule has 59 heavy (non-hydrogen) atoms. The van der Waals surface area contributed by atoms with Gasteiger partial charge in [-0.25, -0.2) is 4.79 Å². The van der Waals surface area contributed by atoms with E-state index in [2.05, 4.69) is 33.7 Å². The summed E-state index contributed by atoms with van der Waals surface area (Å²) in [6, 6.07) is 28.3. The highest BCUT2D eigenvalue weighted by molar-refractivity contribution is 6.31. The Morgan fingerprint density at radius 2 is 1.58 bits per heavy atom. The number of rotatable bonds is 7. The summed E-state index contributed by atoms with van der Waals surface area (Å²) in [7, 11) is 1.74. The number of benzene rings is 4. The molecule has 0 radical (unpaired) electrons. The summed E-state index contributed by atoms with van der Waals surface area (Å²) in [6.45, 7) is 5.06. The van der Waals surface area contributed by atoms with Crippen molar-refractivity contribution in [3.63, 3.8) is 0 Å². The summed E-state index contributed by atoms with van der Waals surface area (Å²) in [5.41, 5.74) is 8.96. The number of carboxylic acid groups (broad SMARTS) is 1. The molecule has 9 rings (SSSR count). The van der Waals surface area contributed by atoms with Crippen LogP contribution in [0.15, 0.2) is 91.0 Å². The van der Waals surface area contributed by atoms with Crippen molar-refractivity contribution in [3.8, 4) is 17.0 Å². The van der Waals surface area contributed by atoms with E-state index in [1.54, 1.807) is 36.2 Å². The number of anilines is 1. The Balaban J connectivity index is 1.22. The minimum absolute atomic E-state index is 0.108. The number of carbonyl (C=O) groups excluding carboxylic acids is 2. The third-order valence-corrected chi connectivity index (χ3v) is 13.0. The lowest BCUT2D eigenvalue weighted by Gasteiger charge is -2.41. The van der Waals surface area contributed by atoms with Gasteiger partial charge < -0.3 is 34.2 Å². The van der Waals surface area contributed by atoms with Gasteiger partial charge in [0.1, 0.15) is 5.75 Å². The fourth-order valence-electron chi connectivity index (χ4n) is 9.55. The summed E-state index contributed by atoms with van der Waals surface area (Å²) in [6.07, 6.45) is 2.23. The number of carbonyl (C=O) groups is 3. The molecule has 11 nitrogen and oxygen atoms in total. The predicted molar refractivity (Wildman–Crippen MR) is 226 cm³/mol. The zero-order valence-electron chi connectivity index (χ0n) is 33.1. The Hall–Kier alpha value is -5.62. The van der Waals surface area contributed by atoms with E-state index < -0.39 is 6.09 Å². The van der Waals surface area contributed by atoms with Crippen LogP contribution in [0.1, 0.15) is 73.0 Å². The van der Waals surface area contributed by atoms with E-state index in [1.165, 1.54) is 10.5 Å². The smallest absolute Gasteiger partial charge is 0.407 e. The van der Waals surface area contributed by atoms with Crippen molar-refractivity contribution in [1.82, 2.24) is 19.3 Å². The van der Waals surface area contributed by atoms with Gasteiger partial charge in [0.25, 0.3) is 11.8 Å². The lowest BCUT2D eigenvalue weighted by atomic mass is 9.81. The highest BCUT2D eigenvalue weighted by atomic mass is 35.5. The average molecular weight is 814 g/mol. The fraction of sp³-hybridized carbons (Fsp3) is 0.340. The van der Waals surface area contributed by atoms with Gasteiger partial charge >= 0.3 is 6.09 Å². The summed E-state index contributed by atoms with van der Waals surface area (Å²) < 4.78 is 7.89. The molecule has 0 saturated carbocycles. The number of hydrogen-bond donors (Lipinski definition) is 2. The van der Waals surface area contributed by atoms with Crippen LogP contribution in [0.25, 0.3) is 11.3 Å². The first-order valence-corrected chi connectivity index (χ1v) is 20.9. The van der Waals surface area contributed by atoms with Crippen molar-refractivity contribution in [3.05, 3.63) is 141 Å². The van der Waals surface area contributed by atoms with E-state index in [1.807, 2.05) is 47.4 Å². The van der Waals surface area contributed by atoms with Gasteiger partial charge in [-0.3, -0.25) is 14.5 Å². The Labute approximate surface area is 349 Å². The zero-order chi connectivity index (χ0) is 40.8. The van der Waals surface area contributed by atoms with Crippen molar-refractivity contribution in [2.45, 2.75) is 57.3 Å². The van der Waals surface area contributed by atoms with Gasteiger partial charge in [-0.15, -0.1) is 0 Å². The molecule has 1 saturated heterocycles.